The van der Waals surface area contributed by atoms with Gasteiger partial charge in [0.05, 0.1) is 6.10 Å². The zero-order valence-corrected chi connectivity index (χ0v) is 14.0. The molecule has 0 bridgehead atoms. The molecule has 0 aliphatic carbocycles. The molecule has 21 heavy (non-hydrogen) atoms. The van der Waals surface area contributed by atoms with Crippen molar-refractivity contribution < 1.29 is 4.74 Å². The Balaban J connectivity index is 2.79. The molecule has 2 N–H and O–H groups in total. The van der Waals surface area contributed by atoms with Crippen LogP contribution in [-0.4, -0.2) is 59.2 Å². The summed E-state index contributed by atoms with van der Waals surface area (Å²) in [6, 6.07) is 0.724. The molecular formula is C14H28N6O. The molecule has 1 aromatic rings. The maximum atomic E-state index is 5.58. The Kier molecular flexibility index (Phi) is 7.14. The average Bonchev–Trinajstić information content (AvgIpc) is 2.41. The van der Waals surface area contributed by atoms with Gasteiger partial charge in [0.2, 0.25) is 11.9 Å². The molecule has 0 saturated heterocycles. The molecule has 0 radical (unpaired) electrons. The Bertz CT molecular complexity index is 424. The molecule has 0 fully saturated rings. The van der Waals surface area contributed by atoms with Gasteiger partial charge >= 0.3 is 6.01 Å². The van der Waals surface area contributed by atoms with E-state index in [0.29, 0.717) is 23.9 Å². The van der Waals surface area contributed by atoms with Crippen LogP contribution < -0.4 is 15.4 Å². The third-order valence-electron chi connectivity index (χ3n) is 2.93. The van der Waals surface area contributed by atoms with Crippen LogP contribution in [0.2, 0.25) is 0 Å². The molecule has 1 unspecified atom stereocenters. The molecule has 0 spiro atoms. The Morgan fingerprint density at radius 3 is 2.19 bits per heavy atom. The third kappa shape index (κ3) is 6.57. The van der Waals surface area contributed by atoms with E-state index < -0.39 is 0 Å². The summed E-state index contributed by atoms with van der Waals surface area (Å²) < 4.78 is 5.58. The minimum Gasteiger partial charge on any atom is -0.461 e. The van der Waals surface area contributed by atoms with Gasteiger partial charge in [0.1, 0.15) is 0 Å². The fraction of sp³-hybridized carbons (Fsp3) is 0.786. The van der Waals surface area contributed by atoms with E-state index in [1.165, 1.54) is 0 Å². The van der Waals surface area contributed by atoms with Crippen LogP contribution in [0.25, 0.3) is 0 Å². The Labute approximate surface area is 127 Å². The zero-order valence-electron chi connectivity index (χ0n) is 14.0. The lowest BCUT2D eigenvalue weighted by Gasteiger charge is -2.20. The number of nitrogens with one attached hydrogen (secondary N) is 2. The Hall–Kier alpha value is -1.63. The normalized spacial score (nSPS) is 12.6. The lowest BCUT2D eigenvalue weighted by molar-refractivity contribution is 0.222. The molecule has 1 heterocycles. The minimum atomic E-state index is 0.0278. The lowest BCUT2D eigenvalue weighted by atomic mass is 10.3. The summed E-state index contributed by atoms with van der Waals surface area (Å²) in [5.41, 5.74) is 0. The van der Waals surface area contributed by atoms with Gasteiger partial charge in [-0.15, -0.1) is 0 Å². The molecule has 0 saturated carbocycles. The molecule has 7 nitrogen and oxygen atoms in total. The highest BCUT2D eigenvalue weighted by molar-refractivity contribution is 5.36. The van der Waals surface area contributed by atoms with Gasteiger partial charge in [-0.05, 0) is 41.3 Å². The number of anilines is 2. The number of nitrogens with zero attached hydrogens (tertiary/aromatic N) is 4. The maximum Gasteiger partial charge on any atom is 0.323 e. The summed E-state index contributed by atoms with van der Waals surface area (Å²) in [5.74, 6) is 1.08. The summed E-state index contributed by atoms with van der Waals surface area (Å²) in [6.07, 6.45) is 1.03. The molecule has 1 rings (SSSR count). The Morgan fingerprint density at radius 1 is 1.05 bits per heavy atom. The van der Waals surface area contributed by atoms with Gasteiger partial charge < -0.3 is 20.3 Å². The fourth-order valence-corrected chi connectivity index (χ4v) is 1.44. The van der Waals surface area contributed by atoms with Crippen LogP contribution in [0.3, 0.4) is 0 Å². The van der Waals surface area contributed by atoms with Gasteiger partial charge in [0.25, 0.3) is 0 Å². The first kappa shape index (κ1) is 17.4. The SMILES string of the molecule is CCCNc1nc(NCC(C)N(C)C)nc(OC(C)C)n1. The molecule has 0 aliphatic heterocycles. The van der Waals surface area contributed by atoms with Crippen LogP contribution in [0.15, 0.2) is 0 Å². The predicted octanol–water partition coefficient (Wildman–Crippen LogP) is 1.84. The molecule has 7 heteroatoms. The van der Waals surface area contributed by atoms with Gasteiger partial charge in [-0.2, -0.15) is 15.0 Å². The summed E-state index contributed by atoms with van der Waals surface area (Å²) in [7, 11) is 4.09. The maximum absolute atomic E-state index is 5.58. The first-order chi connectivity index (χ1) is 9.92. The Morgan fingerprint density at radius 2 is 1.67 bits per heavy atom. The molecule has 0 amide bonds. The van der Waals surface area contributed by atoms with Crippen LogP contribution >= 0.6 is 0 Å². The molecular weight excluding hydrogens is 268 g/mol. The van der Waals surface area contributed by atoms with Gasteiger partial charge in [0.15, 0.2) is 0 Å². The van der Waals surface area contributed by atoms with Gasteiger partial charge in [-0.1, -0.05) is 6.92 Å². The van der Waals surface area contributed by atoms with Crippen LogP contribution in [0.1, 0.15) is 34.1 Å². The number of aromatic nitrogens is 3. The molecule has 0 aliphatic rings. The molecule has 0 aromatic carbocycles. The summed E-state index contributed by atoms with van der Waals surface area (Å²) >= 11 is 0. The van der Waals surface area contributed by atoms with E-state index in [1.807, 2.05) is 27.9 Å². The van der Waals surface area contributed by atoms with Crippen molar-refractivity contribution in [3.63, 3.8) is 0 Å². The molecule has 1 aromatic heterocycles. The van der Waals surface area contributed by atoms with E-state index in [1.54, 1.807) is 0 Å². The number of likely N-dealkylation sites (N-methyl/N-ethyl adjacent to an activating group) is 1. The van der Waals surface area contributed by atoms with Crippen molar-refractivity contribution in [1.82, 2.24) is 19.9 Å². The van der Waals surface area contributed by atoms with E-state index in [-0.39, 0.29) is 6.10 Å². The summed E-state index contributed by atoms with van der Waals surface area (Å²) in [6.45, 7) is 9.70. The van der Waals surface area contributed by atoms with Crippen molar-refractivity contribution in [2.24, 2.45) is 0 Å². The number of hydrogen-bond acceptors (Lipinski definition) is 7. The van der Waals surface area contributed by atoms with Crippen LogP contribution in [0.5, 0.6) is 6.01 Å². The van der Waals surface area contributed by atoms with Crippen molar-refractivity contribution in [3.05, 3.63) is 0 Å². The van der Waals surface area contributed by atoms with Gasteiger partial charge in [-0.25, -0.2) is 0 Å². The van der Waals surface area contributed by atoms with E-state index in [0.717, 1.165) is 19.5 Å². The molecule has 120 valence electrons. The van der Waals surface area contributed by atoms with Crippen LogP contribution in [-0.2, 0) is 0 Å². The monoisotopic (exact) mass is 296 g/mol. The van der Waals surface area contributed by atoms with Gasteiger partial charge in [0, 0.05) is 19.1 Å². The van der Waals surface area contributed by atoms with Crippen molar-refractivity contribution in [1.29, 1.82) is 0 Å². The average molecular weight is 296 g/mol. The highest BCUT2D eigenvalue weighted by Gasteiger charge is 2.10. The van der Waals surface area contributed by atoms with Crippen molar-refractivity contribution in [3.8, 4) is 6.01 Å². The standard InChI is InChI=1S/C14H28N6O/c1-7-8-15-12-17-13(16-9-11(4)20(5)6)19-14(18-12)21-10(2)3/h10-11H,7-9H2,1-6H3,(H2,15,16,17,18,19). The van der Waals surface area contributed by atoms with Crippen molar-refractivity contribution >= 4 is 11.9 Å². The fourth-order valence-electron chi connectivity index (χ4n) is 1.44. The van der Waals surface area contributed by atoms with E-state index in [4.69, 9.17) is 4.74 Å². The highest BCUT2D eigenvalue weighted by Crippen LogP contribution is 2.13. The highest BCUT2D eigenvalue weighted by atomic mass is 16.5. The number of rotatable bonds is 9. The van der Waals surface area contributed by atoms with E-state index in [2.05, 4.69) is 44.3 Å². The predicted molar refractivity (Wildman–Crippen MR) is 86.0 cm³/mol. The quantitative estimate of drug-likeness (QED) is 0.720. The topological polar surface area (TPSA) is 75.2 Å². The third-order valence-corrected chi connectivity index (χ3v) is 2.93. The zero-order chi connectivity index (χ0) is 15.8. The summed E-state index contributed by atoms with van der Waals surface area (Å²) in [5, 5.41) is 6.40. The largest absolute Gasteiger partial charge is 0.461 e. The molecule has 1 atom stereocenters. The second-order valence-corrected chi connectivity index (χ2v) is 5.55. The number of ether oxygens (including phenoxy) is 1. The smallest absolute Gasteiger partial charge is 0.323 e. The van der Waals surface area contributed by atoms with E-state index in [9.17, 15) is 0 Å². The second kappa shape index (κ2) is 8.61. The second-order valence-electron chi connectivity index (χ2n) is 5.55. The van der Waals surface area contributed by atoms with Crippen molar-refractivity contribution in [2.45, 2.75) is 46.3 Å². The lowest BCUT2D eigenvalue weighted by Crippen LogP contribution is -2.32. The van der Waals surface area contributed by atoms with Crippen LogP contribution in [0.4, 0.5) is 11.9 Å². The number of hydrogen-bond donors (Lipinski definition) is 2. The summed E-state index contributed by atoms with van der Waals surface area (Å²) in [4.78, 5) is 15.1. The van der Waals surface area contributed by atoms with Crippen molar-refractivity contribution in [2.75, 3.05) is 37.8 Å². The van der Waals surface area contributed by atoms with E-state index >= 15 is 0 Å². The minimum absolute atomic E-state index is 0.0278. The first-order valence-corrected chi connectivity index (χ1v) is 7.49. The first-order valence-electron chi connectivity index (χ1n) is 7.49. The van der Waals surface area contributed by atoms with Crippen LogP contribution in [0, 0.1) is 0 Å². The van der Waals surface area contributed by atoms with Gasteiger partial charge in [-0.3, -0.25) is 0 Å².